The lowest BCUT2D eigenvalue weighted by Gasteiger charge is -2.20. The molecule has 0 saturated heterocycles. The first-order valence-corrected chi connectivity index (χ1v) is 4.89. The highest BCUT2D eigenvalue weighted by Gasteiger charge is 2.01. The molecule has 2 rings (SSSR count). The maximum Gasteiger partial charge on any atom is -0.00157 e. The average molecular weight is 188 g/mol. The van der Waals surface area contributed by atoms with Crippen LogP contribution >= 0.6 is 11.3 Å². The summed E-state index contributed by atoms with van der Waals surface area (Å²) in [4.78, 5) is 0.797. The maximum absolute atomic E-state index is 11.7. The van der Waals surface area contributed by atoms with E-state index in [2.05, 4.69) is 0 Å². The van der Waals surface area contributed by atoms with Gasteiger partial charge in [-0.2, -0.15) is 0 Å². The van der Waals surface area contributed by atoms with Gasteiger partial charge in [0, 0.05) is 0 Å². The number of rotatable bonds is 2. The Labute approximate surface area is 81.3 Å². The highest BCUT2D eigenvalue weighted by Crippen LogP contribution is 2.21. The molecule has 0 spiro atoms. The zero-order chi connectivity index (χ0) is 9.10. The van der Waals surface area contributed by atoms with Crippen molar-refractivity contribution >= 4 is 11.3 Å². The van der Waals surface area contributed by atoms with Gasteiger partial charge in [-0.1, -0.05) is 48.1 Å². The van der Waals surface area contributed by atoms with Crippen molar-refractivity contribution in [1.82, 2.24) is 0 Å². The van der Waals surface area contributed by atoms with Gasteiger partial charge in [0.1, 0.15) is 0 Å². The predicted molar refractivity (Wildman–Crippen MR) is 52.2 cm³/mol. The summed E-state index contributed by atoms with van der Waals surface area (Å²) >= 11 is 1.48. The Bertz CT molecular complexity index is 353. The van der Waals surface area contributed by atoms with Gasteiger partial charge in [-0.05, 0) is 16.3 Å². The van der Waals surface area contributed by atoms with Crippen LogP contribution in [0.1, 0.15) is 10.4 Å². The molecule has 1 radical (unpaired) electrons. The minimum absolute atomic E-state index is 0.107. The molecule has 2 aromatic rings. The third-order valence-corrected chi connectivity index (χ3v) is 2.65. The van der Waals surface area contributed by atoms with Crippen molar-refractivity contribution in [3.05, 3.63) is 64.4 Å². The maximum atomic E-state index is 11.7. The van der Waals surface area contributed by atoms with Gasteiger partial charge in [0.15, 0.2) is 0 Å². The first-order valence-electron chi connectivity index (χ1n) is 4.01. The summed E-state index contributed by atoms with van der Waals surface area (Å²) in [6, 6.07) is 13.1. The molecule has 0 aliphatic heterocycles. The Kier molecular flexibility index (Phi) is 2.43. The van der Waals surface area contributed by atoms with Crippen molar-refractivity contribution in [1.29, 1.82) is 0 Å². The van der Waals surface area contributed by atoms with Gasteiger partial charge in [-0.15, -0.1) is 11.3 Å². The summed E-state index contributed by atoms with van der Waals surface area (Å²) in [6.07, 6.45) is 0.107. The molecule has 0 saturated carbocycles. The largest absolute Gasteiger partial charge is 0.842 e. The van der Waals surface area contributed by atoms with Crippen LogP contribution in [0.25, 0.3) is 0 Å². The molecule has 1 aromatic carbocycles. The van der Waals surface area contributed by atoms with Crippen LogP contribution in [0.4, 0.5) is 0 Å². The SMILES string of the molecule is [O-][C](c1ccccc1)c1cccs1. The van der Waals surface area contributed by atoms with Crippen LogP contribution in [0.5, 0.6) is 0 Å². The second-order valence-corrected chi connectivity index (χ2v) is 3.62. The number of thiophene rings is 1. The first-order chi connectivity index (χ1) is 6.38. The lowest BCUT2D eigenvalue weighted by atomic mass is 10.1. The summed E-state index contributed by atoms with van der Waals surface area (Å²) in [5, 5.41) is 13.6. The molecule has 0 aliphatic rings. The molecule has 13 heavy (non-hydrogen) atoms. The van der Waals surface area contributed by atoms with E-state index in [1.54, 1.807) is 0 Å². The molecule has 0 atom stereocenters. The topological polar surface area (TPSA) is 23.1 Å². The first kappa shape index (κ1) is 8.48. The Morgan fingerprint density at radius 2 is 1.77 bits per heavy atom. The van der Waals surface area contributed by atoms with Gasteiger partial charge in [-0.3, -0.25) is 0 Å². The lowest BCUT2D eigenvalue weighted by Crippen LogP contribution is -2.16. The third-order valence-electron chi connectivity index (χ3n) is 1.78. The monoisotopic (exact) mass is 188 g/mol. The van der Waals surface area contributed by atoms with Crippen molar-refractivity contribution in [2.24, 2.45) is 0 Å². The smallest absolute Gasteiger partial charge is 0.00157 e. The van der Waals surface area contributed by atoms with Gasteiger partial charge in [0.05, 0.1) is 0 Å². The zero-order valence-electron chi connectivity index (χ0n) is 6.94. The van der Waals surface area contributed by atoms with E-state index in [1.165, 1.54) is 11.3 Å². The molecule has 0 amide bonds. The van der Waals surface area contributed by atoms with E-state index in [4.69, 9.17) is 0 Å². The van der Waals surface area contributed by atoms with Crippen molar-refractivity contribution in [3.63, 3.8) is 0 Å². The quantitative estimate of drug-likeness (QED) is 0.707. The Hall–Kier alpha value is -1.12. The van der Waals surface area contributed by atoms with Crippen LogP contribution in [-0.4, -0.2) is 0 Å². The van der Waals surface area contributed by atoms with Gasteiger partial charge in [0.25, 0.3) is 0 Å². The van der Waals surface area contributed by atoms with Crippen LogP contribution in [0, 0.1) is 6.10 Å². The second kappa shape index (κ2) is 3.73. The zero-order valence-corrected chi connectivity index (χ0v) is 7.75. The van der Waals surface area contributed by atoms with E-state index in [-0.39, 0.29) is 6.10 Å². The molecule has 0 bridgehead atoms. The molecular weight excluding hydrogens is 180 g/mol. The number of hydrogen-bond acceptors (Lipinski definition) is 2. The molecule has 1 aromatic heterocycles. The third kappa shape index (κ3) is 1.79. The minimum atomic E-state index is 0.107. The number of benzene rings is 1. The summed E-state index contributed by atoms with van der Waals surface area (Å²) in [5.74, 6) is 0. The molecule has 0 N–H and O–H groups in total. The average Bonchev–Trinajstić information content (AvgIpc) is 2.71. The Balaban J connectivity index is 2.29. The van der Waals surface area contributed by atoms with Crippen molar-refractivity contribution in [2.45, 2.75) is 0 Å². The molecule has 1 nitrogen and oxygen atoms in total. The summed E-state index contributed by atoms with van der Waals surface area (Å²) in [5.41, 5.74) is 0.755. The van der Waals surface area contributed by atoms with E-state index in [9.17, 15) is 5.11 Å². The van der Waals surface area contributed by atoms with E-state index >= 15 is 0 Å². The van der Waals surface area contributed by atoms with E-state index < -0.39 is 0 Å². The van der Waals surface area contributed by atoms with Crippen molar-refractivity contribution in [3.8, 4) is 0 Å². The fourth-order valence-corrected chi connectivity index (χ4v) is 1.83. The van der Waals surface area contributed by atoms with Crippen molar-refractivity contribution < 1.29 is 5.11 Å². The van der Waals surface area contributed by atoms with Gasteiger partial charge in [-0.25, -0.2) is 0 Å². The van der Waals surface area contributed by atoms with Crippen molar-refractivity contribution in [2.75, 3.05) is 0 Å². The normalized spacial score (nSPS) is 10.6. The highest BCUT2D eigenvalue weighted by molar-refractivity contribution is 7.10. The molecule has 2 heteroatoms. The number of hydrogen-bond donors (Lipinski definition) is 0. The summed E-state index contributed by atoms with van der Waals surface area (Å²) in [7, 11) is 0. The molecule has 0 fully saturated rings. The highest BCUT2D eigenvalue weighted by atomic mass is 32.1. The van der Waals surface area contributed by atoms with Crippen LogP contribution < -0.4 is 5.11 Å². The summed E-state index contributed by atoms with van der Waals surface area (Å²) in [6.45, 7) is 0. The predicted octanol–water partition coefficient (Wildman–Crippen LogP) is 2.04. The minimum Gasteiger partial charge on any atom is -0.842 e. The van der Waals surface area contributed by atoms with E-state index in [1.807, 2.05) is 47.8 Å². The lowest BCUT2D eigenvalue weighted by molar-refractivity contribution is -0.332. The molecular formula is C11H8OS-. The van der Waals surface area contributed by atoms with Gasteiger partial charge in [0.2, 0.25) is 0 Å². The van der Waals surface area contributed by atoms with E-state index in [0.29, 0.717) is 0 Å². The van der Waals surface area contributed by atoms with Gasteiger partial charge >= 0.3 is 0 Å². The second-order valence-electron chi connectivity index (χ2n) is 2.67. The van der Waals surface area contributed by atoms with Gasteiger partial charge < -0.3 is 5.11 Å². The Morgan fingerprint density at radius 3 is 2.38 bits per heavy atom. The van der Waals surface area contributed by atoms with Crippen LogP contribution in [-0.2, 0) is 0 Å². The molecule has 65 valence electrons. The van der Waals surface area contributed by atoms with Crippen LogP contribution in [0.15, 0.2) is 47.8 Å². The van der Waals surface area contributed by atoms with E-state index in [0.717, 1.165) is 10.4 Å². The standard InChI is InChI=1S/C11H8OS/c12-11(10-7-4-8-13-10)9-5-2-1-3-6-9/h1-8H/q-1. The molecule has 1 heterocycles. The fraction of sp³-hybridized carbons (Fsp3) is 0. The van der Waals surface area contributed by atoms with Crippen LogP contribution in [0.2, 0.25) is 0 Å². The summed E-state index contributed by atoms with van der Waals surface area (Å²) < 4.78 is 0. The fourth-order valence-electron chi connectivity index (χ4n) is 1.14. The molecule has 0 aliphatic carbocycles. The molecule has 0 unspecified atom stereocenters. The Morgan fingerprint density at radius 1 is 1.00 bits per heavy atom. The van der Waals surface area contributed by atoms with Crippen LogP contribution in [0.3, 0.4) is 0 Å².